The molecule has 0 saturated carbocycles. The van der Waals surface area contributed by atoms with Crippen molar-refractivity contribution in [1.82, 2.24) is 31.5 Å². The van der Waals surface area contributed by atoms with Crippen LogP contribution in [0.4, 0.5) is 0 Å². The van der Waals surface area contributed by atoms with Crippen LogP contribution in [0.15, 0.2) is 4.99 Å². The summed E-state index contributed by atoms with van der Waals surface area (Å²) in [4.78, 5) is 108. The lowest BCUT2D eigenvalue weighted by atomic mass is 10.0. The van der Waals surface area contributed by atoms with Crippen molar-refractivity contribution in [2.24, 2.45) is 27.9 Å². The van der Waals surface area contributed by atoms with E-state index in [1.54, 1.807) is 0 Å². The zero-order chi connectivity index (χ0) is 43.4. The SMILES string of the molecule is C[C@@H](O)[C@H](NC(=O)[C@H](CCCCN)NC(=O)[C@H](CCC(=O)O)NC(=O)[C@@H](NC(=O)[C@@H]1CCCN1C(=O)[C@H](CCCN=C(N)N)NC(=O)[C@@H](N)CO)[C@@H](C)O)C(=O)O. The number of carboxylic acid groups (broad SMARTS) is 2. The Morgan fingerprint density at radius 3 is 1.86 bits per heavy atom. The van der Waals surface area contributed by atoms with Crippen molar-refractivity contribution >= 4 is 53.3 Å². The number of carbonyl (C=O) groups excluding carboxylic acids is 6. The van der Waals surface area contributed by atoms with Gasteiger partial charge in [-0.25, -0.2) is 4.79 Å². The van der Waals surface area contributed by atoms with Gasteiger partial charge < -0.3 is 80.0 Å². The summed E-state index contributed by atoms with van der Waals surface area (Å²) in [5.74, 6) is -8.68. The number of guanidine groups is 1. The van der Waals surface area contributed by atoms with Crippen LogP contribution in [0.2, 0.25) is 0 Å². The van der Waals surface area contributed by atoms with Crippen molar-refractivity contribution in [3.63, 3.8) is 0 Å². The third kappa shape index (κ3) is 17.2. The molecule has 324 valence electrons. The number of aliphatic carboxylic acids is 2. The molecule has 0 aromatic carbocycles. The molecule has 0 spiro atoms. The number of nitrogens with zero attached hydrogens (tertiary/aromatic N) is 2. The summed E-state index contributed by atoms with van der Waals surface area (Å²) in [6.07, 6.45) is -2.97. The molecule has 0 aromatic heterocycles. The smallest absolute Gasteiger partial charge is 0.328 e. The number of aliphatic hydroxyl groups excluding tert-OH is 3. The zero-order valence-corrected chi connectivity index (χ0v) is 32.1. The normalized spacial score (nSPS) is 17.9. The fourth-order valence-corrected chi connectivity index (χ4v) is 5.76. The Bertz CT molecular complexity index is 1430. The minimum atomic E-state index is -1.75. The molecule has 0 bridgehead atoms. The Balaban J connectivity index is 3.27. The van der Waals surface area contributed by atoms with Gasteiger partial charge in [0, 0.05) is 19.5 Å². The van der Waals surface area contributed by atoms with E-state index < -0.39 is 121 Å². The molecule has 1 fully saturated rings. The summed E-state index contributed by atoms with van der Waals surface area (Å²) in [5, 5.41) is 60.1. The number of nitrogens with two attached hydrogens (primary N) is 4. The van der Waals surface area contributed by atoms with Gasteiger partial charge in [-0.3, -0.25) is 38.6 Å². The highest BCUT2D eigenvalue weighted by atomic mass is 16.4. The lowest BCUT2D eigenvalue weighted by Crippen LogP contribution is -2.61. The lowest BCUT2D eigenvalue weighted by Gasteiger charge is -2.31. The van der Waals surface area contributed by atoms with E-state index in [-0.39, 0.29) is 57.7 Å². The van der Waals surface area contributed by atoms with E-state index in [0.717, 1.165) is 13.8 Å². The maximum atomic E-state index is 13.7. The van der Waals surface area contributed by atoms with E-state index in [0.29, 0.717) is 12.8 Å². The lowest BCUT2D eigenvalue weighted by molar-refractivity contribution is -0.145. The van der Waals surface area contributed by atoms with Gasteiger partial charge in [-0.05, 0) is 71.8 Å². The summed E-state index contributed by atoms with van der Waals surface area (Å²) < 4.78 is 0. The number of carboxylic acids is 2. The Morgan fingerprint density at radius 1 is 0.754 bits per heavy atom. The first-order valence-corrected chi connectivity index (χ1v) is 18.5. The Morgan fingerprint density at radius 2 is 1.32 bits per heavy atom. The van der Waals surface area contributed by atoms with Crippen molar-refractivity contribution in [2.45, 2.75) is 126 Å². The van der Waals surface area contributed by atoms with Crippen LogP contribution in [0.1, 0.15) is 71.6 Å². The van der Waals surface area contributed by atoms with Crippen LogP contribution in [0.25, 0.3) is 0 Å². The molecule has 9 atom stereocenters. The molecule has 0 aromatic rings. The minimum Gasteiger partial charge on any atom is -0.481 e. The highest BCUT2D eigenvalue weighted by Gasteiger charge is 2.40. The first kappa shape index (κ1) is 49.8. The zero-order valence-electron chi connectivity index (χ0n) is 32.1. The number of unbranched alkanes of at least 4 members (excludes halogenated alkanes) is 1. The Kier molecular flexibility index (Phi) is 22.0. The van der Waals surface area contributed by atoms with Crippen LogP contribution in [0, 0.1) is 0 Å². The second kappa shape index (κ2) is 25.2. The summed E-state index contributed by atoms with van der Waals surface area (Å²) >= 11 is 0. The molecule has 24 nitrogen and oxygen atoms in total. The number of likely N-dealkylation sites (tertiary alicyclic amines) is 1. The van der Waals surface area contributed by atoms with Crippen LogP contribution in [0.5, 0.6) is 0 Å². The van der Waals surface area contributed by atoms with Gasteiger partial charge in [0.05, 0.1) is 18.8 Å². The molecule has 1 saturated heterocycles. The average Bonchev–Trinajstić information content (AvgIpc) is 3.64. The van der Waals surface area contributed by atoms with Crippen molar-refractivity contribution < 1.29 is 63.9 Å². The number of carbonyl (C=O) groups is 8. The largest absolute Gasteiger partial charge is 0.481 e. The number of aliphatic imine (C=N–C) groups is 1. The van der Waals surface area contributed by atoms with Gasteiger partial charge in [0.15, 0.2) is 12.0 Å². The Hall–Kier alpha value is -5.17. The molecule has 0 aliphatic carbocycles. The van der Waals surface area contributed by atoms with E-state index in [1.807, 2.05) is 0 Å². The number of nitrogens with one attached hydrogen (secondary N) is 5. The number of amides is 6. The maximum Gasteiger partial charge on any atom is 0.328 e. The van der Waals surface area contributed by atoms with Gasteiger partial charge in [0.2, 0.25) is 35.4 Å². The molecule has 0 radical (unpaired) electrons. The molecule has 57 heavy (non-hydrogen) atoms. The quantitative estimate of drug-likeness (QED) is 0.0219. The van der Waals surface area contributed by atoms with E-state index in [1.165, 1.54) is 4.90 Å². The first-order valence-electron chi connectivity index (χ1n) is 18.5. The topological polar surface area (TPSA) is 418 Å². The van der Waals surface area contributed by atoms with Gasteiger partial charge in [0.1, 0.15) is 36.3 Å². The monoisotopic (exact) mass is 817 g/mol. The van der Waals surface area contributed by atoms with Gasteiger partial charge in [-0.15, -0.1) is 0 Å². The first-order chi connectivity index (χ1) is 26.7. The number of aliphatic hydroxyl groups is 3. The summed E-state index contributed by atoms with van der Waals surface area (Å²) in [5.41, 5.74) is 21.9. The third-order valence-electron chi connectivity index (χ3n) is 8.90. The summed E-state index contributed by atoms with van der Waals surface area (Å²) in [6.45, 7) is 1.96. The van der Waals surface area contributed by atoms with E-state index in [4.69, 9.17) is 22.9 Å². The van der Waals surface area contributed by atoms with Crippen molar-refractivity contribution in [1.29, 1.82) is 0 Å². The second-order valence-corrected chi connectivity index (χ2v) is 13.6. The van der Waals surface area contributed by atoms with Crippen LogP contribution in [-0.4, -0.2) is 165 Å². The van der Waals surface area contributed by atoms with Crippen LogP contribution in [0.3, 0.4) is 0 Å². The third-order valence-corrected chi connectivity index (χ3v) is 8.90. The van der Waals surface area contributed by atoms with Gasteiger partial charge in [0.25, 0.3) is 0 Å². The van der Waals surface area contributed by atoms with Crippen LogP contribution >= 0.6 is 0 Å². The molecule has 6 amide bonds. The average molecular weight is 818 g/mol. The summed E-state index contributed by atoms with van der Waals surface area (Å²) in [6, 6.07) is -10.3. The maximum absolute atomic E-state index is 13.7. The van der Waals surface area contributed by atoms with E-state index >= 15 is 0 Å². The highest BCUT2D eigenvalue weighted by Crippen LogP contribution is 2.20. The van der Waals surface area contributed by atoms with Crippen LogP contribution in [-0.2, 0) is 38.4 Å². The summed E-state index contributed by atoms with van der Waals surface area (Å²) in [7, 11) is 0. The van der Waals surface area contributed by atoms with Crippen LogP contribution < -0.4 is 49.5 Å². The second-order valence-electron chi connectivity index (χ2n) is 13.6. The fraction of sp³-hybridized carbons (Fsp3) is 0.727. The molecular formula is C33H59N11O13. The molecular weight excluding hydrogens is 758 g/mol. The molecule has 1 aliphatic rings. The van der Waals surface area contributed by atoms with Gasteiger partial charge in [-0.2, -0.15) is 0 Å². The Labute approximate surface area is 328 Å². The van der Waals surface area contributed by atoms with Gasteiger partial charge in [-0.1, -0.05) is 0 Å². The highest BCUT2D eigenvalue weighted by molar-refractivity contribution is 5.97. The van der Waals surface area contributed by atoms with E-state index in [9.17, 15) is 63.9 Å². The predicted octanol–water partition coefficient (Wildman–Crippen LogP) is -6.39. The van der Waals surface area contributed by atoms with Crippen molar-refractivity contribution in [3.05, 3.63) is 0 Å². The predicted molar refractivity (Wildman–Crippen MR) is 200 cm³/mol. The van der Waals surface area contributed by atoms with Crippen molar-refractivity contribution in [3.8, 4) is 0 Å². The molecule has 1 rings (SSSR count). The molecule has 1 aliphatic heterocycles. The molecule has 24 heteroatoms. The number of rotatable bonds is 26. The molecule has 18 N–H and O–H groups in total. The standard InChI is InChI=1S/C33H59N11O13/c1-16(46)24(42-29(53)22-9-6-14-44(22)31(55)21(8-5-13-38-33(36)37)41-26(50)18(35)15-45)30(54)40-20(10-11-23(48)49)27(51)39-19(7-3-4-12-34)28(52)43-25(17(2)47)32(56)57/h16-22,24-25,45-47H,3-15,34-35H2,1-2H3,(H,39,51)(H,40,54)(H,41,50)(H,42,53)(H,43,52)(H,48,49)(H,56,57)(H4,36,37,38)/t16-,17-,18+,19+,20+,21+,22+,24+,25+/m1/s1. The fourth-order valence-electron chi connectivity index (χ4n) is 5.76. The number of hydrogen-bond acceptors (Lipinski definition) is 14. The van der Waals surface area contributed by atoms with E-state index in [2.05, 4.69) is 31.6 Å². The molecule has 1 heterocycles. The number of hydrogen-bond donors (Lipinski definition) is 14. The van der Waals surface area contributed by atoms with Gasteiger partial charge >= 0.3 is 11.9 Å². The minimum absolute atomic E-state index is 0.0130. The van der Waals surface area contributed by atoms with Crippen molar-refractivity contribution in [2.75, 3.05) is 26.2 Å². The molecule has 0 unspecified atom stereocenters.